The standard InChI is InChI=1S/C15H27S2/c1-13-9-6-4-2-3-5-7-10-14(13)15-16-11-8-12-17-15/h13,15H,2-12H2,1H3. The lowest BCUT2D eigenvalue weighted by molar-refractivity contribution is 0.443. The highest BCUT2D eigenvalue weighted by Crippen LogP contribution is 2.44. The largest absolute Gasteiger partial charge is 0.147 e. The van der Waals surface area contributed by atoms with Gasteiger partial charge in [-0.2, -0.15) is 0 Å². The predicted octanol–water partition coefficient (Wildman–Crippen LogP) is 5.53. The molecule has 0 aromatic rings. The maximum Gasteiger partial charge on any atom is 0.0567 e. The van der Waals surface area contributed by atoms with Gasteiger partial charge in [0.1, 0.15) is 0 Å². The molecule has 0 amide bonds. The van der Waals surface area contributed by atoms with Crippen LogP contribution >= 0.6 is 23.5 Å². The molecular formula is C15H27S2. The monoisotopic (exact) mass is 271 g/mol. The van der Waals surface area contributed by atoms with Crippen molar-refractivity contribution in [3.63, 3.8) is 0 Å². The van der Waals surface area contributed by atoms with Crippen molar-refractivity contribution in [1.29, 1.82) is 0 Å². The average Bonchev–Trinajstić information content (AvgIpc) is 2.38. The van der Waals surface area contributed by atoms with E-state index in [1.807, 2.05) is 5.92 Å². The fourth-order valence-electron chi connectivity index (χ4n) is 2.97. The SMILES string of the molecule is CC1CCCCCCCC[C]1C1SCCCS1. The van der Waals surface area contributed by atoms with Crippen molar-refractivity contribution < 1.29 is 0 Å². The van der Waals surface area contributed by atoms with Gasteiger partial charge in [0.15, 0.2) is 0 Å². The molecule has 0 nitrogen and oxygen atoms in total. The van der Waals surface area contributed by atoms with E-state index < -0.39 is 0 Å². The van der Waals surface area contributed by atoms with Gasteiger partial charge in [0.25, 0.3) is 0 Å². The van der Waals surface area contributed by atoms with E-state index in [9.17, 15) is 0 Å². The minimum Gasteiger partial charge on any atom is -0.147 e. The lowest BCUT2D eigenvalue weighted by Crippen LogP contribution is -2.23. The highest BCUT2D eigenvalue weighted by atomic mass is 32.2. The summed E-state index contributed by atoms with van der Waals surface area (Å²) in [5, 5.41) is 0. The first kappa shape index (κ1) is 14.1. The Morgan fingerprint density at radius 1 is 0.824 bits per heavy atom. The zero-order valence-electron chi connectivity index (χ0n) is 11.2. The van der Waals surface area contributed by atoms with E-state index >= 15 is 0 Å². The summed E-state index contributed by atoms with van der Waals surface area (Å²) in [6, 6.07) is 0. The second-order valence-corrected chi connectivity index (χ2v) is 8.29. The van der Waals surface area contributed by atoms with Crippen LogP contribution in [-0.4, -0.2) is 16.1 Å². The molecule has 0 N–H and O–H groups in total. The van der Waals surface area contributed by atoms with Crippen molar-refractivity contribution in [3.8, 4) is 0 Å². The normalized spacial score (nSPS) is 31.2. The summed E-state index contributed by atoms with van der Waals surface area (Å²) < 4.78 is 0.846. The van der Waals surface area contributed by atoms with Crippen LogP contribution in [0.1, 0.15) is 64.7 Å². The van der Waals surface area contributed by atoms with Crippen molar-refractivity contribution in [2.24, 2.45) is 5.92 Å². The molecular weight excluding hydrogens is 244 g/mol. The summed E-state index contributed by atoms with van der Waals surface area (Å²) in [5.41, 5.74) is 0. The Bertz CT molecular complexity index is 199. The lowest BCUT2D eigenvalue weighted by Gasteiger charge is -2.33. The van der Waals surface area contributed by atoms with Gasteiger partial charge >= 0.3 is 0 Å². The molecule has 2 rings (SSSR count). The third-order valence-electron chi connectivity index (χ3n) is 4.12. The molecule has 0 aromatic heterocycles. The molecule has 1 aliphatic heterocycles. The molecule has 1 atom stereocenters. The van der Waals surface area contributed by atoms with Gasteiger partial charge in [-0.1, -0.05) is 51.9 Å². The molecule has 1 saturated heterocycles. The molecule has 0 bridgehead atoms. The fourth-order valence-corrected chi connectivity index (χ4v) is 6.29. The van der Waals surface area contributed by atoms with Crippen LogP contribution in [0, 0.1) is 11.8 Å². The zero-order chi connectivity index (χ0) is 11.9. The minimum atomic E-state index is 0.846. The molecule has 0 spiro atoms. The van der Waals surface area contributed by atoms with Gasteiger partial charge in [0.2, 0.25) is 0 Å². The van der Waals surface area contributed by atoms with Crippen LogP contribution in [-0.2, 0) is 0 Å². The number of rotatable bonds is 1. The number of thioether (sulfide) groups is 2. The van der Waals surface area contributed by atoms with Crippen LogP contribution in [0.5, 0.6) is 0 Å². The highest BCUT2D eigenvalue weighted by Gasteiger charge is 2.29. The van der Waals surface area contributed by atoms with Gasteiger partial charge < -0.3 is 0 Å². The van der Waals surface area contributed by atoms with Gasteiger partial charge in [0.05, 0.1) is 4.58 Å². The average molecular weight is 272 g/mol. The van der Waals surface area contributed by atoms with E-state index in [0.717, 1.165) is 10.5 Å². The van der Waals surface area contributed by atoms with Crippen LogP contribution in [0.25, 0.3) is 0 Å². The van der Waals surface area contributed by atoms with Crippen LogP contribution < -0.4 is 0 Å². The second-order valence-electron chi connectivity index (χ2n) is 5.56. The predicted molar refractivity (Wildman–Crippen MR) is 82.7 cm³/mol. The van der Waals surface area contributed by atoms with Crippen molar-refractivity contribution in [3.05, 3.63) is 5.92 Å². The first-order chi connectivity index (χ1) is 8.38. The smallest absolute Gasteiger partial charge is 0.0567 e. The molecule has 1 aliphatic carbocycles. The van der Waals surface area contributed by atoms with Gasteiger partial charge in [-0.3, -0.25) is 0 Å². The first-order valence-corrected chi connectivity index (χ1v) is 9.56. The van der Waals surface area contributed by atoms with E-state index in [0.29, 0.717) is 0 Å². The summed E-state index contributed by atoms with van der Waals surface area (Å²) >= 11 is 4.45. The van der Waals surface area contributed by atoms with Gasteiger partial charge in [0, 0.05) is 5.92 Å². The zero-order valence-corrected chi connectivity index (χ0v) is 12.9. The van der Waals surface area contributed by atoms with Crippen LogP contribution in [0.15, 0.2) is 0 Å². The maximum absolute atomic E-state index is 2.49. The quantitative estimate of drug-likeness (QED) is 0.615. The van der Waals surface area contributed by atoms with E-state index in [1.165, 1.54) is 69.3 Å². The van der Waals surface area contributed by atoms with Crippen LogP contribution in [0.2, 0.25) is 0 Å². The Hall–Kier alpha value is 0.700. The molecule has 1 radical (unpaired) electrons. The van der Waals surface area contributed by atoms with E-state index in [4.69, 9.17) is 0 Å². The van der Waals surface area contributed by atoms with E-state index in [1.54, 1.807) is 0 Å². The lowest BCUT2D eigenvalue weighted by atomic mass is 9.85. The highest BCUT2D eigenvalue weighted by molar-refractivity contribution is 8.17. The molecule has 1 heterocycles. The summed E-state index contributed by atoms with van der Waals surface area (Å²) in [5.74, 6) is 5.58. The Morgan fingerprint density at radius 3 is 2.24 bits per heavy atom. The Balaban J connectivity index is 1.88. The van der Waals surface area contributed by atoms with Crippen molar-refractivity contribution >= 4 is 23.5 Å². The number of hydrogen-bond donors (Lipinski definition) is 0. The second kappa shape index (κ2) is 7.99. The van der Waals surface area contributed by atoms with Gasteiger partial charge in [-0.05, 0) is 30.3 Å². The Morgan fingerprint density at radius 2 is 1.47 bits per heavy atom. The molecule has 0 aromatic carbocycles. The molecule has 1 unspecified atom stereocenters. The van der Waals surface area contributed by atoms with Gasteiger partial charge in [-0.15, -0.1) is 23.5 Å². The summed E-state index contributed by atoms with van der Waals surface area (Å²) in [7, 11) is 0. The van der Waals surface area contributed by atoms with Crippen molar-refractivity contribution in [2.45, 2.75) is 69.3 Å². The first-order valence-electron chi connectivity index (χ1n) is 7.47. The van der Waals surface area contributed by atoms with Gasteiger partial charge in [-0.25, -0.2) is 0 Å². The Kier molecular flexibility index (Phi) is 6.63. The van der Waals surface area contributed by atoms with Crippen molar-refractivity contribution in [2.75, 3.05) is 11.5 Å². The number of hydrogen-bond acceptors (Lipinski definition) is 2. The Labute approximate surface area is 116 Å². The molecule has 2 aliphatic rings. The third kappa shape index (κ3) is 4.70. The third-order valence-corrected chi connectivity index (χ3v) is 7.19. The summed E-state index contributed by atoms with van der Waals surface area (Å²) in [6.45, 7) is 2.49. The molecule has 2 heteroatoms. The fraction of sp³-hybridized carbons (Fsp3) is 0.933. The molecule has 1 saturated carbocycles. The van der Waals surface area contributed by atoms with Crippen LogP contribution in [0.3, 0.4) is 0 Å². The topological polar surface area (TPSA) is 0 Å². The maximum atomic E-state index is 2.49. The molecule has 2 fully saturated rings. The van der Waals surface area contributed by atoms with Crippen LogP contribution in [0.4, 0.5) is 0 Å². The minimum absolute atomic E-state index is 0.846. The van der Waals surface area contributed by atoms with Crippen molar-refractivity contribution in [1.82, 2.24) is 0 Å². The summed E-state index contributed by atoms with van der Waals surface area (Å²) in [6.07, 6.45) is 13.1. The summed E-state index contributed by atoms with van der Waals surface area (Å²) in [4.78, 5) is 0. The van der Waals surface area contributed by atoms with E-state index in [-0.39, 0.29) is 0 Å². The molecule has 99 valence electrons. The molecule has 17 heavy (non-hydrogen) atoms. The van der Waals surface area contributed by atoms with E-state index in [2.05, 4.69) is 30.4 Å².